The molecule has 6 heteroatoms. The summed E-state index contributed by atoms with van der Waals surface area (Å²) in [6, 6.07) is 4.44. The van der Waals surface area contributed by atoms with Crippen molar-refractivity contribution in [2.24, 2.45) is 7.05 Å². The smallest absolute Gasteiger partial charge is 0.217 e. The minimum Gasteiger partial charge on any atom is -0.481 e. The fourth-order valence-corrected chi connectivity index (χ4v) is 2.47. The van der Waals surface area contributed by atoms with Crippen molar-refractivity contribution < 1.29 is 14.2 Å². The first-order valence-electron chi connectivity index (χ1n) is 5.66. The predicted molar refractivity (Wildman–Crippen MR) is 72.7 cm³/mol. The van der Waals surface area contributed by atoms with Gasteiger partial charge in [-0.05, 0) is 25.1 Å². The van der Waals surface area contributed by atoms with Gasteiger partial charge >= 0.3 is 0 Å². The van der Waals surface area contributed by atoms with Crippen LogP contribution in [0.4, 0.5) is 4.39 Å². The highest BCUT2D eigenvalue weighted by molar-refractivity contribution is 9.10. The molecule has 0 aliphatic heterocycles. The predicted octanol–water partition coefficient (Wildman–Crippen LogP) is 2.72. The van der Waals surface area contributed by atoms with Crippen molar-refractivity contribution >= 4 is 15.9 Å². The molecule has 2 aromatic rings. The third-order valence-electron chi connectivity index (χ3n) is 2.93. The molecule has 1 aromatic carbocycles. The average Bonchev–Trinajstić information content (AvgIpc) is 2.65. The van der Waals surface area contributed by atoms with Crippen LogP contribution in [0.25, 0.3) is 0 Å². The van der Waals surface area contributed by atoms with Gasteiger partial charge in [0, 0.05) is 17.1 Å². The molecule has 1 heterocycles. The van der Waals surface area contributed by atoms with Crippen molar-refractivity contribution in [3.63, 3.8) is 0 Å². The number of hydrogen-bond donors (Lipinski definition) is 1. The van der Waals surface area contributed by atoms with E-state index < -0.39 is 11.9 Å². The zero-order valence-electron chi connectivity index (χ0n) is 10.8. The second-order valence-electron chi connectivity index (χ2n) is 4.20. The van der Waals surface area contributed by atoms with Crippen LogP contribution in [0.15, 0.2) is 22.7 Å². The summed E-state index contributed by atoms with van der Waals surface area (Å²) in [4.78, 5) is 0. The molecule has 1 N–H and O–H groups in total. The van der Waals surface area contributed by atoms with Crippen molar-refractivity contribution in [3.05, 3.63) is 45.3 Å². The summed E-state index contributed by atoms with van der Waals surface area (Å²) in [6.07, 6.45) is -1.12. The highest BCUT2D eigenvalue weighted by Gasteiger charge is 2.25. The number of nitrogens with zero attached hydrogens (tertiary/aromatic N) is 2. The molecule has 102 valence electrons. The first kappa shape index (κ1) is 14.0. The third kappa shape index (κ3) is 2.50. The first-order valence-corrected chi connectivity index (χ1v) is 6.45. The van der Waals surface area contributed by atoms with Gasteiger partial charge in [-0.2, -0.15) is 5.10 Å². The second-order valence-corrected chi connectivity index (χ2v) is 5.12. The van der Waals surface area contributed by atoms with Gasteiger partial charge in [-0.25, -0.2) is 9.07 Å². The van der Waals surface area contributed by atoms with E-state index >= 15 is 0 Å². The Bertz CT molecular complexity index is 613. The van der Waals surface area contributed by atoms with E-state index in [1.54, 1.807) is 26.1 Å². The molecule has 0 spiro atoms. The third-order valence-corrected chi connectivity index (χ3v) is 3.43. The van der Waals surface area contributed by atoms with Crippen molar-refractivity contribution in [1.29, 1.82) is 0 Å². The summed E-state index contributed by atoms with van der Waals surface area (Å²) in [5.74, 6) is -0.0506. The van der Waals surface area contributed by atoms with E-state index in [2.05, 4.69) is 21.0 Å². The van der Waals surface area contributed by atoms with Gasteiger partial charge in [0.2, 0.25) is 5.88 Å². The first-order chi connectivity index (χ1) is 8.95. The number of aliphatic hydroxyl groups excluding tert-OH is 1. The quantitative estimate of drug-likeness (QED) is 0.942. The fourth-order valence-electron chi connectivity index (χ4n) is 2.09. The van der Waals surface area contributed by atoms with Crippen LogP contribution in [-0.2, 0) is 7.05 Å². The number of aryl methyl sites for hydroxylation is 2. The topological polar surface area (TPSA) is 47.3 Å². The molecule has 1 unspecified atom stereocenters. The molecule has 4 nitrogen and oxygen atoms in total. The van der Waals surface area contributed by atoms with Gasteiger partial charge in [0.1, 0.15) is 11.9 Å². The lowest BCUT2D eigenvalue weighted by Gasteiger charge is -2.14. The molecule has 0 aliphatic rings. The van der Waals surface area contributed by atoms with Crippen LogP contribution in [0.3, 0.4) is 0 Å². The van der Waals surface area contributed by atoms with Crippen molar-refractivity contribution in [2.75, 3.05) is 7.11 Å². The maximum absolute atomic E-state index is 13.8. The molecule has 1 aromatic heterocycles. The molecule has 0 saturated heterocycles. The van der Waals surface area contributed by atoms with E-state index in [1.165, 1.54) is 17.9 Å². The largest absolute Gasteiger partial charge is 0.481 e. The van der Waals surface area contributed by atoms with Gasteiger partial charge in [-0.3, -0.25) is 0 Å². The Balaban J connectivity index is 2.55. The van der Waals surface area contributed by atoms with Crippen LogP contribution < -0.4 is 4.74 Å². The molecule has 0 bridgehead atoms. The lowest BCUT2D eigenvalue weighted by Crippen LogP contribution is -2.06. The zero-order chi connectivity index (χ0) is 14.2. The van der Waals surface area contributed by atoms with E-state index in [0.29, 0.717) is 21.6 Å². The second kappa shape index (κ2) is 5.30. The van der Waals surface area contributed by atoms with Gasteiger partial charge in [-0.1, -0.05) is 15.9 Å². The molecule has 0 amide bonds. The zero-order valence-corrected chi connectivity index (χ0v) is 12.4. The Kier molecular flexibility index (Phi) is 3.91. The van der Waals surface area contributed by atoms with Gasteiger partial charge in [0.25, 0.3) is 0 Å². The van der Waals surface area contributed by atoms with Crippen LogP contribution >= 0.6 is 15.9 Å². The molecular formula is C13H14BrFN2O2. The Morgan fingerprint density at radius 3 is 2.79 bits per heavy atom. The highest BCUT2D eigenvalue weighted by Crippen LogP contribution is 2.34. The average molecular weight is 329 g/mol. The van der Waals surface area contributed by atoms with Gasteiger partial charge in [0.15, 0.2) is 0 Å². The number of halogens is 2. The molecule has 0 radical (unpaired) electrons. The lowest BCUT2D eigenvalue weighted by molar-refractivity contribution is 0.208. The molecule has 0 saturated carbocycles. The van der Waals surface area contributed by atoms with Crippen LogP contribution in [0.5, 0.6) is 5.88 Å². The number of methoxy groups -OCH3 is 1. The molecule has 2 rings (SSSR count). The van der Waals surface area contributed by atoms with Crippen LogP contribution in [0, 0.1) is 12.7 Å². The molecule has 0 fully saturated rings. The monoisotopic (exact) mass is 328 g/mol. The minimum absolute atomic E-state index is 0.184. The minimum atomic E-state index is -1.12. The summed E-state index contributed by atoms with van der Waals surface area (Å²) < 4.78 is 21.3. The summed E-state index contributed by atoms with van der Waals surface area (Å²) in [7, 11) is 3.20. The number of aliphatic hydroxyl groups is 1. The fraction of sp³-hybridized carbons (Fsp3) is 0.308. The maximum atomic E-state index is 13.8. The van der Waals surface area contributed by atoms with E-state index in [4.69, 9.17) is 4.74 Å². The van der Waals surface area contributed by atoms with Gasteiger partial charge in [0.05, 0.1) is 18.4 Å². The summed E-state index contributed by atoms with van der Waals surface area (Å²) in [5.41, 5.74) is 1.26. The summed E-state index contributed by atoms with van der Waals surface area (Å²) in [5, 5.41) is 14.6. The number of benzene rings is 1. The molecule has 0 aliphatic carbocycles. The summed E-state index contributed by atoms with van der Waals surface area (Å²) in [6.45, 7) is 1.75. The normalized spacial score (nSPS) is 12.5. The number of rotatable bonds is 3. The number of hydrogen-bond acceptors (Lipinski definition) is 3. The van der Waals surface area contributed by atoms with Crippen molar-refractivity contribution in [3.8, 4) is 5.88 Å². The van der Waals surface area contributed by atoms with Gasteiger partial charge < -0.3 is 9.84 Å². The van der Waals surface area contributed by atoms with Crippen molar-refractivity contribution in [2.45, 2.75) is 13.0 Å². The Labute approximate surface area is 118 Å². The Hall–Kier alpha value is -1.40. The van der Waals surface area contributed by atoms with E-state index in [1.807, 2.05) is 0 Å². The van der Waals surface area contributed by atoms with Crippen molar-refractivity contribution in [1.82, 2.24) is 9.78 Å². The Morgan fingerprint density at radius 2 is 2.16 bits per heavy atom. The Morgan fingerprint density at radius 1 is 1.47 bits per heavy atom. The van der Waals surface area contributed by atoms with Crippen LogP contribution in [-0.4, -0.2) is 22.0 Å². The number of aromatic nitrogens is 2. The highest BCUT2D eigenvalue weighted by atomic mass is 79.9. The number of ether oxygens (including phenoxy) is 1. The summed E-state index contributed by atoms with van der Waals surface area (Å²) >= 11 is 3.27. The lowest BCUT2D eigenvalue weighted by atomic mass is 10.0. The van der Waals surface area contributed by atoms with E-state index in [9.17, 15) is 9.50 Å². The molecule has 1 atom stereocenters. The molecular weight excluding hydrogens is 315 g/mol. The van der Waals surface area contributed by atoms with E-state index in [0.717, 1.165) is 0 Å². The standard InChI is InChI=1S/C13H14BrFN2O2/c1-7-11(13(19-3)17(2)16-7)12(18)9-6-8(14)4-5-10(9)15/h4-6,12,18H,1-3H3. The molecule has 19 heavy (non-hydrogen) atoms. The van der Waals surface area contributed by atoms with Crippen LogP contribution in [0.2, 0.25) is 0 Å². The van der Waals surface area contributed by atoms with Gasteiger partial charge in [-0.15, -0.1) is 0 Å². The SMILES string of the molecule is COc1c(C(O)c2cc(Br)ccc2F)c(C)nn1C. The van der Waals surface area contributed by atoms with E-state index in [-0.39, 0.29) is 5.56 Å². The van der Waals surface area contributed by atoms with Crippen LogP contribution in [0.1, 0.15) is 22.9 Å². The maximum Gasteiger partial charge on any atom is 0.217 e.